The van der Waals surface area contributed by atoms with Gasteiger partial charge in [0.2, 0.25) is 11.3 Å². The first-order valence-corrected chi connectivity index (χ1v) is 13.8. The van der Waals surface area contributed by atoms with Crippen LogP contribution in [0.3, 0.4) is 0 Å². The van der Waals surface area contributed by atoms with Gasteiger partial charge in [0.05, 0.1) is 0 Å². The van der Waals surface area contributed by atoms with Gasteiger partial charge in [0.15, 0.2) is 0 Å². The molecule has 2 aliphatic heterocycles. The van der Waals surface area contributed by atoms with Gasteiger partial charge in [0.1, 0.15) is 22.9 Å². The second-order valence-electron chi connectivity index (χ2n) is 8.49. The Balaban J connectivity index is 1.28. The van der Waals surface area contributed by atoms with Crippen LogP contribution in [0.2, 0.25) is 0 Å². The van der Waals surface area contributed by atoms with Crippen molar-refractivity contribution in [2.45, 2.75) is 35.5 Å². The summed E-state index contributed by atoms with van der Waals surface area (Å²) >= 11 is 2.52. The van der Waals surface area contributed by atoms with Gasteiger partial charge in [-0.3, -0.25) is 14.5 Å². The maximum Gasteiger partial charge on any atom is 0.514 e. The van der Waals surface area contributed by atoms with Crippen molar-refractivity contribution in [3.8, 4) is 5.75 Å². The zero-order valence-corrected chi connectivity index (χ0v) is 21.8. The van der Waals surface area contributed by atoms with Gasteiger partial charge in [-0.1, -0.05) is 48.2 Å². The highest BCUT2D eigenvalue weighted by Gasteiger charge is 2.54. The van der Waals surface area contributed by atoms with Gasteiger partial charge in [-0.15, -0.1) is 22.0 Å². The minimum Gasteiger partial charge on any atom is -0.477 e. The maximum atomic E-state index is 13.3. The molecule has 5 rings (SSSR count). The van der Waals surface area contributed by atoms with Crippen LogP contribution in [0.1, 0.15) is 12.8 Å². The quantitative estimate of drug-likeness (QED) is 0.131. The second kappa shape index (κ2) is 11.7. The Morgan fingerprint density at radius 3 is 2.77 bits per heavy atom. The molecule has 3 aliphatic rings. The van der Waals surface area contributed by atoms with Gasteiger partial charge in [-0.05, 0) is 41.3 Å². The summed E-state index contributed by atoms with van der Waals surface area (Å²) in [6.45, 7) is 0. The number of β-lactam (4-membered cyclic amide) rings is 1. The summed E-state index contributed by atoms with van der Waals surface area (Å²) in [4.78, 5) is 52.2. The summed E-state index contributed by atoms with van der Waals surface area (Å²) in [5, 5.41) is 25.7. The predicted octanol–water partition coefficient (Wildman–Crippen LogP) is 1.89. The number of carbonyl (C=O) groups excluding carboxylic acids is 3. The summed E-state index contributed by atoms with van der Waals surface area (Å²) in [5.41, 5.74) is 0.956. The number of para-hydroxylation sites is 1. The third kappa shape index (κ3) is 5.83. The van der Waals surface area contributed by atoms with Crippen LogP contribution < -0.4 is 10.1 Å². The Bertz CT molecular complexity index is 1360. The number of aromatic nitrogens is 4. The summed E-state index contributed by atoms with van der Waals surface area (Å²) < 4.78 is 10.6. The number of thioether (sulfide) groups is 2. The van der Waals surface area contributed by atoms with Gasteiger partial charge in [0.25, 0.3) is 11.8 Å². The number of nitrogens with zero attached hydrogens (tertiary/aromatic N) is 4. The Morgan fingerprint density at radius 2 is 2.08 bits per heavy atom. The second-order valence-corrected chi connectivity index (χ2v) is 10.5. The third-order valence-electron chi connectivity index (χ3n) is 6.02. The SMILES string of the molecule is O=C(Oc1ccccc1)OC(C(=O)NC1C(=O)N2C(C(=O)O)=C(CSc3nn[nH]n3)CS[C@@H]12)C1=CCC=CC1. The van der Waals surface area contributed by atoms with Gasteiger partial charge >= 0.3 is 12.1 Å². The predicted molar refractivity (Wildman–Crippen MR) is 138 cm³/mol. The monoisotopic (exact) mass is 570 g/mol. The number of hydrogen-bond donors (Lipinski definition) is 3. The number of rotatable bonds is 9. The highest BCUT2D eigenvalue weighted by atomic mass is 32.2. The summed E-state index contributed by atoms with van der Waals surface area (Å²) in [6.07, 6.45) is 4.11. The van der Waals surface area contributed by atoms with Crippen molar-refractivity contribution in [1.82, 2.24) is 30.8 Å². The fourth-order valence-corrected chi connectivity index (χ4v) is 6.45. The molecule has 3 N–H and O–H groups in total. The van der Waals surface area contributed by atoms with E-state index in [1.165, 1.54) is 28.4 Å². The Kier molecular flexibility index (Phi) is 7.97. The number of nitrogens with one attached hydrogen (secondary N) is 2. The Hall–Kier alpha value is -4.11. The molecule has 0 saturated carbocycles. The van der Waals surface area contributed by atoms with Gasteiger partial charge < -0.3 is 19.9 Å². The number of carboxylic acids is 1. The van der Waals surface area contributed by atoms with E-state index >= 15 is 0 Å². The first kappa shape index (κ1) is 26.5. The molecule has 1 fully saturated rings. The third-order valence-corrected chi connectivity index (χ3v) is 8.28. The fourth-order valence-electron chi connectivity index (χ4n) is 4.22. The number of benzene rings is 1. The lowest BCUT2D eigenvalue weighted by molar-refractivity contribution is -0.151. The molecule has 1 aliphatic carbocycles. The zero-order valence-electron chi connectivity index (χ0n) is 20.2. The highest BCUT2D eigenvalue weighted by molar-refractivity contribution is 8.01. The van der Waals surface area contributed by atoms with E-state index in [0.717, 1.165) is 0 Å². The molecule has 2 amide bonds. The number of aromatic amines is 1. The van der Waals surface area contributed by atoms with Crippen molar-refractivity contribution in [3.63, 3.8) is 0 Å². The van der Waals surface area contributed by atoms with Crippen molar-refractivity contribution in [2.24, 2.45) is 0 Å². The summed E-state index contributed by atoms with van der Waals surface area (Å²) in [6, 6.07) is 7.29. The van der Waals surface area contributed by atoms with Crippen molar-refractivity contribution in [1.29, 1.82) is 0 Å². The molecule has 0 bridgehead atoms. The van der Waals surface area contributed by atoms with Crippen molar-refractivity contribution in [3.05, 3.63) is 65.4 Å². The van der Waals surface area contributed by atoms with Crippen LogP contribution in [0.4, 0.5) is 4.79 Å². The molecule has 202 valence electrons. The normalized spacial score (nSPS) is 20.9. The molecule has 2 aromatic rings. The number of carboxylic acid groups (broad SMARTS) is 1. The van der Waals surface area contributed by atoms with E-state index in [4.69, 9.17) is 9.47 Å². The van der Waals surface area contributed by atoms with Crippen molar-refractivity contribution >= 4 is 47.5 Å². The van der Waals surface area contributed by atoms with Gasteiger partial charge in [-0.25, -0.2) is 9.59 Å². The van der Waals surface area contributed by atoms with E-state index in [2.05, 4.69) is 25.9 Å². The van der Waals surface area contributed by atoms with Crippen LogP contribution in [-0.4, -0.2) is 83.6 Å². The minimum atomic E-state index is -1.32. The number of fused-ring (bicyclic) bond motifs is 1. The molecule has 39 heavy (non-hydrogen) atoms. The molecular formula is C24H22N6O7S2. The number of tetrazole rings is 1. The first-order chi connectivity index (χ1) is 18.9. The van der Waals surface area contributed by atoms with Crippen molar-refractivity contribution < 1.29 is 33.8 Å². The average molecular weight is 571 g/mol. The van der Waals surface area contributed by atoms with Gasteiger partial charge in [-0.2, -0.15) is 5.21 Å². The smallest absolute Gasteiger partial charge is 0.477 e. The standard InChI is InChI=1S/C24H22N6O7S2/c31-19(18(13-7-3-1-4-8-13)37-24(35)36-15-9-5-2-6-10-15)25-16-20(32)30-17(22(33)34)14(11-38-21(16)30)12-39-23-26-28-29-27-23/h1-3,5-6,8-10,16,18,21H,4,7,11-12H2,(H,25,31)(H,33,34)(H,26,27,28,29)/t16?,18?,21-/m0/s1. The lowest BCUT2D eigenvalue weighted by atomic mass is 9.98. The number of allylic oxidation sites excluding steroid dienone is 3. The molecule has 15 heteroatoms. The fraction of sp³-hybridized carbons (Fsp3) is 0.292. The van der Waals surface area contributed by atoms with Gasteiger partial charge in [0, 0.05) is 11.5 Å². The Labute approximate surface area is 230 Å². The van der Waals surface area contributed by atoms with Crippen LogP contribution >= 0.6 is 23.5 Å². The molecule has 3 atom stereocenters. The van der Waals surface area contributed by atoms with Crippen LogP contribution in [0.5, 0.6) is 5.75 Å². The van der Waals surface area contributed by atoms with Crippen LogP contribution in [0, 0.1) is 0 Å². The number of hydrogen-bond acceptors (Lipinski definition) is 11. The molecule has 1 aromatic heterocycles. The summed E-state index contributed by atoms with van der Waals surface area (Å²) in [5.74, 6) is -1.67. The number of carbonyl (C=O) groups is 4. The molecule has 3 heterocycles. The zero-order chi connectivity index (χ0) is 27.4. The van der Waals surface area contributed by atoms with Crippen LogP contribution in [-0.2, 0) is 19.1 Å². The number of H-pyrrole nitrogens is 1. The van der Waals surface area contributed by atoms with Crippen molar-refractivity contribution in [2.75, 3.05) is 11.5 Å². The van der Waals surface area contributed by atoms with E-state index in [1.54, 1.807) is 36.4 Å². The molecule has 1 saturated heterocycles. The minimum absolute atomic E-state index is 0.121. The average Bonchev–Trinajstić information content (AvgIpc) is 3.47. The number of ether oxygens (including phenoxy) is 2. The van der Waals surface area contributed by atoms with E-state index in [1.807, 2.05) is 12.2 Å². The van der Waals surface area contributed by atoms with Crippen LogP contribution in [0.15, 0.2) is 70.6 Å². The Morgan fingerprint density at radius 1 is 1.26 bits per heavy atom. The topological polar surface area (TPSA) is 177 Å². The van der Waals surface area contributed by atoms with E-state index in [0.29, 0.717) is 34.9 Å². The first-order valence-electron chi connectivity index (χ1n) is 11.8. The highest BCUT2D eigenvalue weighted by Crippen LogP contribution is 2.41. The van der Waals surface area contributed by atoms with Crippen LogP contribution in [0.25, 0.3) is 0 Å². The van der Waals surface area contributed by atoms with E-state index in [9.17, 15) is 24.3 Å². The lowest BCUT2D eigenvalue weighted by Gasteiger charge is -2.49. The molecule has 13 nitrogen and oxygen atoms in total. The molecule has 2 unspecified atom stereocenters. The lowest BCUT2D eigenvalue weighted by Crippen LogP contribution is -2.71. The molecule has 0 spiro atoms. The molecule has 1 aromatic carbocycles. The largest absolute Gasteiger partial charge is 0.514 e. The van der Waals surface area contributed by atoms with E-state index < -0.39 is 41.5 Å². The summed E-state index contributed by atoms with van der Waals surface area (Å²) in [7, 11) is 0. The molecule has 0 radical (unpaired) electrons. The number of amides is 2. The maximum absolute atomic E-state index is 13.3. The molecular weight excluding hydrogens is 548 g/mol. The number of aliphatic carboxylic acids is 1. The van der Waals surface area contributed by atoms with E-state index in [-0.39, 0.29) is 17.2 Å².